The SMILES string of the molecule is COc1ccc(C(=O)O)c(F)c1C(F)F. The molecule has 15 heavy (non-hydrogen) atoms. The van der Waals surface area contributed by atoms with Crippen LogP contribution >= 0.6 is 0 Å². The fourth-order valence-electron chi connectivity index (χ4n) is 1.12. The molecule has 0 saturated carbocycles. The van der Waals surface area contributed by atoms with Gasteiger partial charge in [-0.1, -0.05) is 0 Å². The molecule has 1 rings (SSSR count). The van der Waals surface area contributed by atoms with Gasteiger partial charge in [-0.25, -0.2) is 18.0 Å². The van der Waals surface area contributed by atoms with Gasteiger partial charge in [0.05, 0.1) is 18.2 Å². The molecule has 0 radical (unpaired) electrons. The van der Waals surface area contributed by atoms with Crippen molar-refractivity contribution in [3.8, 4) is 5.75 Å². The van der Waals surface area contributed by atoms with Crippen molar-refractivity contribution in [2.45, 2.75) is 6.43 Å². The topological polar surface area (TPSA) is 46.5 Å². The van der Waals surface area contributed by atoms with E-state index in [9.17, 15) is 18.0 Å². The van der Waals surface area contributed by atoms with Crippen molar-refractivity contribution in [2.75, 3.05) is 7.11 Å². The number of benzene rings is 1. The zero-order valence-corrected chi connectivity index (χ0v) is 7.63. The van der Waals surface area contributed by atoms with Crippen LogP contribution < -0.4 is 4.74 Å². The molecule has 0 atom stereocenters. The number of methoxy groups -OCH3 is 1. The van der Waals surface area contributed by atoms with Gasteiger partial charge < -0.3 is 9.84 Å². The molecule has 0 amide bonds. The largest absolute Gasteiger partial charge is 0.496 e. The number of carboxylic acids is 1. The van der Waals surface area contributed by atoms with Crippen molar-refractivity contribution in [1.82, 2.24) is 0 Å². The van der Waals surface area contributed by atoms with Crippen LogP contribution in [-0.2, 0) is 0 Å². The van der Waals surface area contributed by atoms with Crippen molar-refractivity contribution in [3.63, 3.8) is 0 Å². The van der Waals surface area contributed by atoms with E-state index in [-0.39, 0.29) is 5.75 Å². The van der Waals surface area contributed by atoms with Gasteiger partial charge in [0, 0.05) is 0 Å². The second kappa shape index (κ2) is 4.20. The third kappa shape index (κ3) is 2.03. The highest BCUT2D eigenvalue weighted by Gasteiger charge is 2.24. The third-order valence-electron chi connectivity index (χ3n) is 1.81. The minimum atomic E-state index is -3.13. The van der Waals surface area contributed by atoms with Crippen LogP contribution in [-0.4, -0.2) is 18.2 Å². The summed E-state index contributed by atoms with van der Waals surface area (Å²) in [6.07, 6.45) is -3.13. The molecule has 0 aliphatic carbocycles. The van der Waals surface area contributed by atoms with Gasteiger partial charge in [0.15, 0.2) is 0 Å². The lowest BCUT2D eigenvalue weighted by Gasteiger charge is -2.10. The van der Waals surface area contributed by atoms with E-state index < -0.39 is 29.3 Å². The number of rotatable bonds is 3. The first-order chi connectivity index (χ1) is 6.99. The van der Waals surface area contributed by atoms with E-state index >= 15 is 0 Å². The molecule has 0 aliphatic rings. The van der Waals surface area contributed by atoms with Crippen molar-refractivity contribution in [2.24, 2.45) is 0 Å². The maximum Gasteiger partial charge on any atom is 0.338 e. The highest BCUT2D eigenvalue weighted by Crippen LogP contribution is 2.32. The molecule has 3 nitrogen and oxygen atoms in total. The van der Waals surface area contributed by atoms with Crippen molar-refractivity contribution in [3.05, 3.63) is 29.1 Å². The molecule has 0 aliphatic heterocycles. The molecule has 0 saturated heterocycles. The highest BCUT2D eigenvalue weighted by molar-refractivity contribution is 5.88. The Hall–Kier alpha value is -1.72. The zero-order chi connectivity index (χ0) is 11.6. The summed E-state index contributed by atoms with van der Waals surface area (Å²) in [6, 6.07) is 1.87. The van der Waals surface area contributed by atoms with E-state index in [4.69, 9.17) is 5.11 Å². The van der Waals surface area contributed by atoms with E-state index in [2.05, 4.69) is 4.74 Å². The Balaban J connectivity index is 3.42. The number of ether oxygens (including phenoxy) is 1. The second-order valence-electron chi connectivity index (χ2n) is 2.65. The summed E-state index contributed by atoms with van der Waals surface area (Å²) in [5, 5.41) is 8.51. The smallest absolute Gasteiger partial charge is 0.338 e. The Labute approximate surface area is 83.1 Å². The first-order valence-electron chi connectivity index (χ1n) is 3.86. The molecule has 0 bridgehead atoms. The highest BCUT2D eigenvalue weighted by atomic mass is 19.3. The Bertz CT molecular complexity index is 390. The van der Waals surface area contributed by atoms with E-state index in [1.807, 2.05) is 0 Å². The van der Waals surface area contributed by atoms with Crippen molar-refractivity contribution >= 4 is 5.97 Å². The minimum absolute atomic E-state index is 0.368. The molecule has 0 heterocycles. The molecule has 0 aromatic heterocycles. The van der Waals surface area contributed by atoms with Crippen LogP contribution in [0.5, 0.6) is 5.75 Å². The van der Waals surface area contributed by atoms with Crippen LogP contribution in [0.4, 0.5) is 13.2 Å². The number of aromatic carboxylic acids is 1. The number of carbonyl (C=O) groups is 1. The molecule has 0 spiro atoms. The van der Waals surface area contributed by atoms with Gasteiger partial charge in [0.2, 0.25) is 0 Å². The van der Waals surface area contributed by atoms with Crippen LogP contribution in [0, 0.1) is 5.82 Å². The number of halogens is 3. The molecule has 82 valence electrons. The van der Waals surface area contributed by atoms with Gasteiger partial charge >= 0.3 is 5.97 Å². The quantitative estimate of drug-likeness (QED) is 0.851. The van der Waals surface area contributed by atoms with Crippen LogP contribution in [0.25, 0.3) is 0 Å². The Morgan fingerprint density at radius 1 is 1.47 bits per heavy atom. The van der Waals surface area contributed by atoms with Gasteiger partial charge in [-0.2, -0.15) is 0 Å². The summed E-state index contributed by atoms with van der Waals surface area (Å²) in [5.41, 5.74) is -1.83. The molecule has 1 aromatic rings. The summed E-state index contributed by atoms with van der Waals surface area (Å²) >= 11 is 0. The third-order valence-corrected chi connectivity index (χ3v) is 1.81. The lowest BCUT2D eigenvalue weighted by molar-refractivity contribution is 0.0690. The summed E-state index contributed by atoms with van der Waals surface area (Å²) in [6.45, 7) is 0. The van der Waals surface area contributed by atoms with Crippen LogP contribution in [0.15, 0.2) is 12.1 Å². The van der Waals surface area contributed by atoms with Gasteiger partial charge in [-0.15, -0.1) is 0 Å². The summed E-state index contributed by atoms with van der Waals surface area (Å²) < 4.78 is 42.6. The molecular weight excluding hydrogens is 213 g/mol. The van der Waals surface area contributed by atoms with Crippen molar-refractivity contribution < 1.29 is 27.8 Å². The van der Waals surface area contributed by atoms with Gasteiger partial charge in [-0.3, -0.25) is 0 Å². The van der Waals surface area contributed by atoms with Crippen LogP contribution in [0.2, 0.25) is 0 Å². The fourth-order valence-corrected chi connectivity index (χ4v) is 1.12. The minimum Gasteiger partial charge on any atom is -0.496 e. The molecule has 0 unspecified atom stereocenters. The number of carboxylic acid groups (broad SMARTS) is 1. The molecular formula is C9H7F3O3. The lowest BCUT2D eigenvalue weighted by atomic mass is 10.1. The van der Waals surface area contributed by atoms with Gasteiger partial charge in [-0.05, 0) is 12.1 Å². The van der Waals surface area contributed by atoms with Crippen molar-refractivity contribution in [1.29, 1.82) is 0 Å². The second-order valence-corrected chi connectivity index (χ2v) is 2.65. The Kier molecular flexibility index (Phi) is 3.18. The average molecular weight is 220 g/mol. The van der Waals surface area contributed by atoms with E-state index in [1.54, 1.807) is 0 Å². The number of alkyl halides is 2. The molecule has 1 aromatic carbocycles. The fraction of sp³-hybridized carbons (Fsp3) is 0.222. The van der Waals surface area contributed by atoms with Crippen LogP contribution in [0.1, 0.15) is 22.3 Å². The average Bonchev–Trinajstić information content (AvgIpc) is 2.15. The maximum atomic E-state index is 13.3. The maximum absolute atomic E-state index is 13.3. The normalized spacial score (nSPS) is 10.5. The zero-order valence-electron chi connectivity index (χ0n) is 7.63. The van der Waals surface area contributed by atoms with E-state index in [1.165, 1.54) is 0 Å². The molecule has 6 heteroatoms. The summed E-state index contributed by atoms with van der Waals surface area (Å²) in [7, 11) is 1.10. The first-order valence-corrected chi connectivity index (χ1v) is 3.86. The molecule has 1 N–H and O–H groups in total. The summed E-state index contributed by atoms with van der Waals surface area (Å²) in [5.74, 6) is -3.43. The predicted molar refractivity (Wildman–Crippen MR) is 44.9 cm³/mol. The van der Waals surface area contributed by atoms with E-state index in [0.29, 0.717) is 0 Å². The number of hydrogen-bond acceptors (Lipinski definition) is 2. The Morgan fingerprint density at radius 3 is 2.47 bits per heavy atom. The van der Waals surface area contributed by atoms with Gasteiger partial charge in [0.1, 0.15) is 11.6 Å². The molecule has 0 fully saturated rings. The standard InChI is InChI=1S/C9H7F3O3/c1-15-5-3-2-4(9(13)14)7(10)6(5)8(11)12/h2-3,8H,1H3,(H,13,14). The summed E-state index contributed by atoms with van der Waals surface area (Å²) in [4.78, 5) is 10.5. The predicted octanol–water partition coefficient (Wildman–Crippen LogP) is 2.47. The van der Waals surface area contributed by atoms with Gasteiger partial charge in [0.25, 0.3) is 6.43 Å². The number of hydrogen-bond donors (Lipinski definition) is 1. The lowest BCUT2D eigenvalue weighted by Crippen LogP contribution is -2.06. The monoisotopic (exact) mass is 220 g/mol. The van der Waals surface area contributed by atoms with Crippen LogP contribution in [0.3, 0.4) is 0 Å². The first kappa shape index (κ1) is 11.4. The van der Waals surface area contributed by atoms with E-state index in [0.717, 1.165) is 19.2 Å². The Morgan fingerprint density at radius 2 is 2.07 bits per heavy atom.